The fourth-order valence-electron chi connectivity index (χ4n) is 11.1. The zero-order valence-electron chi connectivity index (χ0n) is 41.2. The number of amides is 3. The predicted octanol–water partition coefficient (Wildman–Crippen LogP) is 8.08. The Kier molecular flexibility index (Phi) is 17.0. The summed E-state index contributed by atoms with van der Waals surface area (Å²) >= 11 is 12.6. The van der Waals surface area contributed by atoms with E-state index in [1.807, 2.05) is 13.0 Å². The molecule has 5 aliphatic rings. The standard InChI is InChI=1S/C49H73Cl2N3O13/c1-13-37-49(11)41(52(45(58)67-49)19-18-32-16-17-34(50)35(51)21-32)29(7)38(55)26(4)22-48(10,61-12)42(66-44-39(56)36(20-28(6)63-44)53(25(2)3)23-33-14-15-33)30(8)40(31(9)43(57)64-37)65-47(60)54-27(5)24-62-46(54)59/h16-17,21,25-31,33,36-37,39-42,44,56H,13-15,18-20,22-24H2,1-12H3. The number of rotatable bonds is 12. The summed E-state index contributed by atoms with van der Waals surface area (Å²) in [5.41, 5.74) is -2.11. The average Bonchev–Trinajstić information content (AvgIpc) is 3.98. The number of ketones is 1. The number of benzene rings is 1. The van der Waals surface area contributed by atoms with Gasteiger partial charge >= 0.3 is 24.2 Å². The van der Waals surface area contributed by atoms with Crippen LogP contribution in [0.3, 0.4) is 0 Å². The van der Waals surface area contributed by atoms with Gasteiger partial charge in [0, 0.05) is 50.0 Å². The first-order valence-electron chi connectivity index (χ1n) is 24.1. The molecule has 1 aliphatic carbocycles. The minimum Gasteiger partial charge on any atom is -0.458 e. The van der Waals surface area contributed by atoms with E-state index in [0.717, 1.165) is 29.8 Å². The molecule has 0 bridgehead atoms. The summed E-state index contributed by atoms with van der Waals surface area (Å²) < 4.78 is 43.9. The van der Waals surface area contributed by atoms with Crippen molar-refractivity contribution in [1.29, 1.82) is 0 Å². The molecular formula is C49H73Cl2N3O13. The van der Waals surface area contributed by atoms with Crippen molar-refractivity contribution in [2.24, 2.45) is 29.6 Å². The van der Waals surface area contributed by atoms with Gasteiger partial charge in [0.2, 0.25) is 0 Å². The quantitative estimate of drug-likeness (QED) is 0.157. The molecule has 1 N–H and O–H groups in total. The number of esters is 1. The number of halogens is 2. The van der Waals surface area contributed by atoms with Crippen LogP contribution in [0.25, 0.3) is 0 Å². The summed E-state index contributed by atoms with van der Waals surface area (Å²) in [4.78, 5) is 75.6. The lowest BCUT2D eigenvalue weighted by atomic mass is 9.73. The number of carbonyl (C=O) groups excluding carboxylic acids is 5. The Morgan fingerprint density at radius 3 is 2.27 bits per heavy atom. The van der Waals surface area contributed by atoms with Crippen molar-refractivity contribution in [3.05, 3.63) is 33.8 Å². The van der Waals surface area contributed by atoms with Crippen molar-refractivity contribution >= 4 is 53.2 Å². The summed E-state index contributed by atoms with van der Waals surface area (Å²) in [5, 5.41) is 13.0. The maximum atomic E-state index is 15.1. The number of aliphatic hydroxyl groups is 1. The van der Waals surface area contributed by atoms with Gasteiger partial charge in [-0.25, -0.2) is 19.3 Å². The zero-order chi connectivity index (χ0) is 49.4. The van der Waals surface area contributed by atoms with Gasteiger partial charge in [-0.05, 0) is 111 Å². The van der Waals surface area contributed by atoms with Crippen molar-refractivity contribution in [3.8, 4) is 0 Å². The van der Waals surface area contributed by atoms with Crippen LogP contribution in [0.2, 0.25) is 10.0 Å². The van der Waals surface area contributed by atoms with E-state index in [4.69, 9.17) is 56.4 Å². The van der Waals surface area contributed by atoms with Gasteiger partial charge in [-0.1, -0.05) is 57.0 Å². The van der Waals surface area contributed by atoms with Crippen LogP contribution in [-0.2, 0) is 49.2 Å². The number of cyclic esters (lactones) is 2. The Morgan fingerprint density at radius 2 is 1.69 bits per heavy atom. The van der Waals surface area contributed by atoms with Crippen molar-refractivity contribution in [3.63, 3.8) is 0 Å². The van der Waals surface area contributed by atoms with E-state index in [1.165, 1.54) is 12.0 Å². The Bertz CT molecular complexity index is 1970. The zero-order valence-corrected chi connectivity index (χ0v) is 42.7. The largest absolute Gasteiger partial charge is 0.458 e. The molecule has 15 unspecified atom stereocenters. The fourth-order valence-corrected chi connectivity index (χ4v) is 11.4. The van der Waals surface area contributed by atoms with Gasteiger partial charge in [-0.3, -0.25) is 19.4 Å². The number of ether oxygens (including phenoxy) is 7. The van der Waals surface area contributed by atoms with E-state index in [-0.39, 0.29) is 50.0 Å². The first-order valence-corrected chi connectivity index (χ1v) is 24.9. The van der Waals surface area contributed by atoms with Crippen molar-refractivity contribution in [2.75, 3.05) is 26.8 Å². The van der Waals surface area contributed by atoms with Crippen LogP contribution in [0.5, 0.6) is 0 Å². The summed E-state index contributed by atoms with van der Waals surface area (Å²) in [5.74, 6) is -4.22. The maximum Gasteiger partial charge on any atom is 0.419 e. The number of carbonyl (C=O) groups is 5. The third-order valence-corrected chi connectivity index (χ3v) is 15.8. The first kappa shape index (κ1) is 53.1. The SMILES string of the molecule is CCC1OC(=O)C(C)C(OC(=O)N2C(=O)OCC2C)C(C)C(OC2OC(C)CC(N(CC3CC3)C(C)C)C2O)C(C)(OC)CC(C)C(=O)C(C)C2N(CCc3ccc(Cl)c(Cl)c3)C(=O)OC12C. The van der Waals surface area contributed by atoms with E-state index < -0.39 is 102 Å². The molecule has 0 spiro atoms. The van der Waals surface area contributed by atoms with Crippen LogP contribution >= 0.6 is 23.2 Å². The third kappa shape index (κ3) is 11.2. The summed E-state index contributed by atoms with van der Waals surface area (Å²) in [7, 11) is 1.49. The summed E-state index contributed by atoms with van der Waals surface area (Å²) in [6, 6.07) is 3.44. The molecule has 376 valence electrons. The molecule has 67 heavy (non-hydrogen) atoms. The number of nitrogens with zero attached hydrogens (tertiary/aromatic N) is 3. The lowest BCUT2D eigenvalue weighted by Crippen LogP contribution is -2.62. The minimum absolute atomic E-state index is 0.0465. The highest BCUT2D eigenvalue weighted by atomic mass is 35.5. The van der Waals surface area contributed by atoms with Gasteiger partial charge < -0.3 is 38.3 Å². The topological polar surface area (TPSA) is 180 Å². The molecule has 18 heteroatoms. The van der Waals surface area contributed by atoms with Gasteiger partial charge in [0.15, 0.2) is 11.9 Å². The second-order valence-corrected chi connectivity index (χ2v) is 21.3. The normalized spacial score (nSPS) is 37.8. The van der Waals surface area contributed by atoms with Gasteiger partial charge in [0.05, 0.1) is 45.9 Å². The van der Waals surface area contributed by atoms with E-state index in [1.54, 1.807) is 67.5 Å². The van der Waals surface area contributed by atoms with E-state index >= 15 is 4.79 Å². The van der Waals surface area contributed by atoms with Crippen LogP contribution < -0.4 is 0 Å². The first-order chi connectivity index (χ1) is 31.5. The predicted molar refractivity (Wildman–Crippen MR) is 249 cm³/mol. The third-order valence-electron chi connectivity index (χ3n) is 15.1. The molecule has 5 fully saturated rings. The number of fused-ring (bicyclic) bond motifs is 1. The minimum atomic E-state index is -1.52. The molecule has 15 atom stereocenters. The van der Waals surface area contributed by atoms with Crippen LogP contribution in [0.1, 0.15) is 114 Å². The molecule has 1 saturated carbocycles. The molecule has 3 amide bonds. The van der Waals surface area contributed by atoms with Gasteiger partial charge in [-0.2, -0.15) is 0 Å². The number of Topliss-reactive ketones (excluding diaryl/α,β-unsaturated/α-hetero) is 1. The van der Waals surface area contributed by atoms with Crippen molar-refractivity contribution in [2.45, 2.75) is 187 Å². The average molecular weight is 983 g/mol. The Labute approximate surface area is 405 Å². The van der Waals surface area contributed by atoms with Crippen molar-refractivity contribution < 1.29 is 62.2 Å². The molecule has 4 saturated heterocycles. The summed E-state index contributed by atoms with van der Waals surface area (Å²) in [6.07, 6.45) is -5.43. The highest BCUT2D eigenvalue weighted by molar-refractivity contribution is 6.42. The van der Waals surface area contributed by atoms with Crippen LogP contribution in [0.15, 0.2) is 18.2 Å². The van der Waals surface area contributed by atoms with Crippen LogP contribution in [-0.4, -0.2) is 149 Å². The smallest absolute Gasteiger partial charge is 0.419 e. The molecule has 4 heterocycles. The molecule has 0 radical (unpaired) electrons. The number of methoxy groups -OCH3 is 1. The number of imide groups is 1. The Balaban J connectivity index is 1.43. The lowest BCUT2D eigenvalue weighted by molar-refractivity contribution is -0.303. The number of aliphatic hydroxyl groups excluding tert-OH is 1. The number of hydrogen-bond acceptors (Lipinski definition) is 14. The molecule has 4 aliphatic heterocycles. The lowest BCUT2D eigenvalue weighted by Gasteiger charge is -2.49. The second kappa shape index (κ2) is 21.4. The molecule has 1 aromatic rings. The van der Waals surface area contributed by atoms with Crippen LogP contribution in [0, 0.1) is 29.6 Å². The molecule has 1 aromatic carbocycles. The van der Waals surface area contributed by atoms with Gasteiger partial charge in [0.1, 0.15) is 30.7 Å². The summed E-state index contributed by atoms with van der Waals surface area (Å²) in [6.45, 7) is 20.8. The Morgan fingerprint density at radius 1 is 1.00 bits per heavy atom. The maximum absolute atomic E-state index is 15.1. The molecule has 16 nitrogen and oxygen atoms in total. The fraction of sp³-hybridized carbons (Fsp3) is 0.776. The van der Waals surface area contributed by atoms with E-state index in [9.17, 15) is 24.3 Å². The van der Waals surface area contributed by atoms with Crippen LogP contribution in [0.4, 0.5) is 14.4 Å². The highest BCUT2D eigenvalue weighted by Gasteiger charge is 2.61. The monoisotopic (exact) mass is 981 g/mol. The Hall–Kier alpha value is -3.25. The number of hydrogen-bond donors (Lipinski definition) is 1. The molecular weight excluding hydrogens is 909 g/mol. The van der Waals surface area contributed by atoms with Gasteiger partial charge in [-0.15, -0.1) is 0 Å². The second-order valence-electron chi connectivity index (χ2n) is 20.5. The van der Waals surface area contributed by atoms with Crippen molar-refractivity contribution in [1.82, 2.24) is 14.7 Å². The highest BCUT2D eigenvalue weighted by Crippen LogP contribution is 2.44. The van der Waals surface area contributed by atoms with E-state index in [0.29, 0.717) is 28.8 Å². The van der Waals surface area contributed by atoms with E-state index in [2.05, 4.69) is 18.7 Å². The van der Waals surface area contributed by atoms with Gasteiger partial charge in [0.25, 0.3) is 0 Å². The molecule has 0 aromatic heterocycles. The molecule has 6 rings (SSSR count).